The van der Waals surface area contributed by atoms with Crippen LogP contribution in [-0.4, -0.2) is 78.2 Å². The largest absolute Gasteiger partial charge is 0.444 e. The van der Waals surface area contributed by atoms with Crippen molar-refractivity contribution in [1.29, 1.82) is 0 Å². The number of hydrogen-bond donors (Lipinski definition) is 0. The third-order valence-electron chi connectivity index (χ3n) is 7.99. The maximum absolute atomic E-state index is 12.3. The van der Waals surface area contributed by atoms with Crippen LogP contribution in [0.4, 0.5) is 10.6 Å². The van der Waals surface area contributed by atoms with Crippen molar-refractivity contribution in [2.75, 3.05) is 51.8 Å². The Balaban J connectivity index is 1.40. The summed E-state index contributed by atoms with van der Waals surface area (Å²) >= 11 is 0. The van der Waals surface area contributed by atoms with Crippen LogP contribution < -0.4 is 4.90 Å². The smallest absolute Gasteiger partial charge is 0.410 e. The molecule has 2 saturated heterocycles. The Hall–Kier alpha value is -1.80. The van der Waals surface area contributed by atoms with E-state index in [1.165, 1.54) is 50.5 Å². The van der Waals surface area contributed by atoms with Gasteiger partial charge in [-0.05, 0) is 78.2 Å². The number of amides is 1. The molecule has 1 aliphatic carbocycles. The van der Waals surface area contributed by atoms with Gasteiger partial charge in [-0.2, -0.15) is 5.10 Å². The van der Waals surface area contributed by atoms with E-state index >= 15 is 0 Å². The van der Waals surface area contributed by atoms with Crippen LogP contribution in [0, 0.1) is 5.41 Å². The Morgan fingerprint density at radius 2 is 1.83 bits per heavy atom. The summed E-state index contributed by atoms with van der Waals surface area (Å²) in [6, 6.07) is 0. The average molecular weight is 490 g/mol. The summed E-state index contributed by atoms with van der Waals surface area (Å²) in [7, 11) is 3.92. The summed E-state index contributed by atoms with van der Waals surface area (Å²) in [4.78, 5) is 18.8. The molecule has 1 amide bonds. The first-order chi connectivity index (χ1) is 16.6. The molecule has 3 aliphatic rings. The highest BCUT2D eigenvalue weighted by molar-refractivity contribution is 5.67. The SMILES string of the molecule is CN(CCN(C)C(=O)OC(C)(C)C)Cc1cn(C2CCCCO2)nc1N1CCC2(CCCC2)CC1. The van der Waals surface area contributed by atoms with Gasteiger partial charge in [-0.3, -0.25) is 0 Å². The van der Waals surface area contributed by atoms with E-state index in [0.717, 1.165) is 51.4 Å². The van der Waals surface area contributed by atoms with Crippen LogP contribution in [-0.2, 0) is 16.0 Å². The van der Waals surface area contributed by atoms with Crippen LogP contribution in [0.2, 0.25) is 0 Å². The molecule has 0 radical (unpaired) electrons. The van der Waals surface area contributed by atoms with Gasteiger partial charge in [0.1, 0.15) is 11.8 Å². The third-order valence-corrected chi connectivity index (χ3v) is 7.99. The molecule has 8 heteroatoms. The molecule has 0 N–H and O–H groups in total. The van der Waals surface area contributed by atoms with Gasteiger partial charge < -0.3 is 24.2 Å². The lowest BCUT2D eigenvalue weighted by Gasteiger charge is -2.40. The molecule has 0 aromatic carbocycles. The number of ether oxygens (including phenoxy) is 2. The quantitative estimate of drug-likeness (QED) is 0.535. The molecule has 198 valence electrons. The third kappa shape index (κ3) is 6.91. The first-order valence-electron chi connectivity index (χ1n) is 13.7. The number of carbonyl (C=O) groups excluding carboxylic acids is 1. The second kappa shape index (κ2) is 11.1. The van der Waals surface area contributed by atoms with Gasteiger partial charge in [0, 0.05) is 58.1 Å². The molecule has 1 atom stereocenters. The lowest BCUT2D eigenvalue weighted by molar-refractivity contribution is -0.0394. The van der Waals surface area contributed by atoms with Crippen LogP contribution >= 0.6 is 0 Å². The highest BCUT2D eigenvalue weighted by Gasteiger charge is 2.38. The Labute approximate surface area is 211 Å². The first kappa shape index (κ1) is 26.3. The molecular weight excluding hydrogens is 442 g/mol. The van der Waals surface area contributed by atoms with Crippen molar-refractivity contribution >= 4 is 11.9 Å². The summed E-state index contributed by atoms with van der Waals surface area (Å²) < 4.78 is 13.6. The fourth-order valence-corrected chi connectivity index (χ4v) is 5.82. The van der Waals surface area contributed by atoms with Crippen molar-refractivity contribution in [2.45, 2.75) is 96.9 Å². The number of rotatable bonds is 7. The Morgan fingerprint density at radius 3 is 2.46 bits per heavy atom. The van der Waals surface area contributed by atoms with Crippen molar-refractivity contribution in [1.82, 2.24) is 19.6 Å². The van der Waals surface area contributed by atoms with E-state index in [2.05, 4.69) is 27.7 Å². The van der Waals surface area contributed by atoms with Crippen molar-refractivity contribution < 1.29 is 14.3 Å². The molecule has 8 nitrogen and oxygen atoms in total. The van der Waals surface area contributed by atoms with E-state index < -0.39 is 5.60 Å². The van der Waals surface area contributed by atoms with Crippen LogP contribution in [0.1, 0.15) is 90.3 Å². The number of anilines is 1. The molecule has 4 rings (SSSR count). The van der Waals surface area contributed by atoms with E-state index in [0.29, 0.717) is 12.0 Å². The van der Waals surface area contributed by atoms with Gasteiger partial charge in [0.15, 0.2) is 5.82 Å². The van der Waals surface area contributed by atoms with Gasteiger partial charge in [-0.1, -0.05) is 12.8 Å². The maximum atomic E-state index is 12.3. The molecule has 1 saturated carbocycles. The molecular formula is C27H47N5O3. The molecule has 3 heterocycles. The van der Waals surface area contributed by atoms with Crippen molar-refractivity contribution in [2.24, 2.45) is 5.41 Å². The number of piperidine rings is 1. The fraction of sp³-hybridized carbons (Fsp3) is 0.852. The van der Waals surface area contributed by atoms with Gasteiger partial charge in [0.2, 0.25) is 0 Å². The standard InChI is InChI=1S/C27H47N5O3/c1-26(2,3)35-25(33)30(5)18-17-29(4)20-22-21-32(23-10-6-9-19-34-23)28-24(22)31-15-13-27(14-16-31)11-7-8-12-27/h21,23H,6-20H2,1-5H3. The van der Waals surface area contributed by atoms with Gasteiger partial charge in [-0.25, -0.2) is 9.48 Å². The number of carbonyl (C=O) groups is 1. The fourth-order valence-electron chi connectivity index (χ4n) is 5.82. The number of hydrogen-bond acceptors (Lipinski definition) is 6. The van der Waals surface area contributed by atoms with Crippen molar-refractivity contribution in [3.05, 3.63) is 11.8 Å². The van der Waals surface area contributed by atoms with E-state index in [9.17, 15) is 4.79 Å². The van der Waals surface area contributed by atoms with E-state index in [-0.39, 0.29) is 12.3 Å². The molecule has 2 aliphatic heterocycles. The summed E-state index contributed by atoms with van der Waals surface area (Å²) in [5, 5.41) is 5.10. The van der Waals surface area contributed by atoms with Crippen LogP contribution in [0.3, 0.4) is 0 Å². The van der Waals surface area contributed by atoms with Crippen LogP contribution in [0.5, 0.6) is 0 Å². The Kier molecular flexibility index (Phi) is 8.31. The number of nitrogens with zero attached hydrogens (tertiary/aromatic N) is 5. The van der Waals surface area contributed by atoms with Gasteiger partial charge >= 0.3 is 6.09 Å². The highest BCUT2D eigenvalue weighted by atomic mass is 16.6. The van der Waals surface area contributed by atoms with Crippen LogP contribution in [0.15, 0.2) is 6.20 Å². The van der Waals surface area contributed by atoms with E-state index in [1.54, 1.807) is 11.9 Å². The summed E-state index contributed by atoms with van der Waals surface area (Å²) in [6.45, 7) is 10.9. The van der Waals surface area contributed by atoms with Gasteiger partial charge in [-0.15, -0.1) is 0 Å². The lowest BCUT2D eigenvalue weighted by atomic mass is 9.77. The zero-order valence-electron chi connectivity index (χ0n) is 22.7. The van der Waals surface area contributed by atoms with Crippen LogP contribution in [0.25, 0.3) is 0 Å². The Morgan fingerprint density at radius 1 is 1.11 bits per heavy atom. The molecule has 3 fully saturated rings. The van der Waals surface area contributed by atoms with E-state index in [4.69, 9.17) is 14.6 Å². The minimum absolute atomic E-state index is 0.0471. The second-order valence-electron chi connectivity index (χ2n) is 12.1. The predicted octanol–water partition coefficient (Wildman–Crippen LogP) is 5.04. The maximum Gasteiger partial charge on any atom is 0.410 e. The minimum Gasteiger partial charge on any atom is -0.444 e. The highest BCUT2D eigenvalue weighted by Crippen LogP contribution is 2.46. The zero-order chi connectivity index (χ0) is 25.1. The summed E-state index contributed by atoms with van der Waals surface area (Å²) in [5.41, 5.74) is 1.37. The van der Waals surface area contributed by atoms with Crippen molar-refractivity contribution in [3.8, 4) is 0 Å². The number of likely N-dealkylation sites (N-methyl/N-ethyl adjacent to an activating group) is 2. The summed E-state index contributed by atoms with van der Waals surface area (Å²) in [6.07, 6.45) is 13.5. The zero-order valence-corrected chi connectivity index (χ0v) is 22.7. The van der Waals surface area contributed by atoms with Gasteiger partial charge in [0.05, 0.1) is 0 Å². The predicted molar refractivity (Wildman–Crippen MR) is 139 cm³/mol. The summed E-state index contributed by atoms with van der Waals surface area (Å²) in [5.74, 6) is 1.12. The van der Waals surface area contributed by atoms with E-state index in [1.807, 2.05) is 20.8 Å². The molecule has 1 spiro atoms. The number of aromatic nitrogens is 2. The Bertz CT molecular complexity index is 826. The molecule has 35 heavy (non-hydrogen) atoms. The monoisotopic (exact) mass is 489 g/mol. The minimum atomic E-state index is -0.479. The lowest BCUT2D eigenvalue weighted by Crippen LogP contribution is -2.40. The second-order valence-corrected chi connectivity index (χ2v) is 12.1. The first-order valence-corrected chi connectivity index (χ1v) is 13.7. The average Bonchev–Trinajstić information content (AvgIpc) is 3.45. The van der Waals surface area contributed by atoms with Crippen molar-refractivity contribution in [3.63, 3.8) is 0 Å². The van der Waals surface area contributed by atoms with Gasteiger partial charge in [0.25, 0.3) is 0 Å². The molecule has 1 unspecified atom stereocenters. The molecule has 1 aromatic heterocycles. The normalized spacial score (nSPS) is 22.7. The topological polar surface area (TPSA) is 63.1 Å². The molecule has 1 aromatic rings. The molecule has 0 bridgehead atoms.